The Morgan fingerprint density at radius 1 is 0.973 bits per heavy atom. The van der Waals surface area contributed by atoms with Crippen LogP contribution in [0.25, 0.3) is 11.1 Å². The lowest BCUT2D eigenvalue weighted by atomic mass is 9.82. The monoisotopic (exact) mass is 507 g/mol. The first-order chi connectivity index (χ1) is 17.6. The summed E-state index contributed by atoms with van der Waals surface area (Å²) >= 11 is 0. The van der Waals surface area contributed by atoms with Crippen molar-refractivity contribution in [3.63, 3.8) is 0 Å². The van der Waals surface area contributed by atoms with Gasteiger partial charge in [0.15, 0.2) is 0 Å². The van der Waals surface area contributed by atoms with Crippen molar-refractivity contribution in [2.75, 3.05) is 13.1 Å². The van der Waals surface area contributed by atoms with Crippen LogP contribution in [0.4, 0.5) is 13.2 Å². The van der Waals surface area contributed by atoms with Crippen molar-refractivity contribution in [3.8, 4) is 11.1 Å². The van der Waals surface area contributed by atoms with E-state index in [-0.39, 0.29) is 11.7 Å². The zero-order valence-electron chi connectivity index (χ0n) is 21.9. The maximum Gasteiger partial charge on any atom is 0.416 e. The van der Waals surface area contributed by atoms with Gasteiger partial charge in [-0.3, -0.25) is 9.69 Å². The van der Waals surface area contributed by atoms with Gasteiger partial charge in [0.05, 0.1) is 5.56 Å². The molecule has 1 heterocycles. The van der Waals surface area contributed by atoms with Gasteiger partial charge in [-0.2, -0.15) is 13.2 Å². The van der Waals surface area contributed by atoms with Gasteiger partial charge in [0, 0.05) is 19.0 Å². The lowest BCUT2D eigenvalue weighted by Crippen LogP contribution is -2.34. The number of likely N-dealkylation sites (tertiary alicyclic amines) is 1. The van der Waals surface area contributed by atoms with Crippen LogP contribution in [0.1, 0.15) is 74.1 Å². The molecule has 3 aromatic carbocycles. The number of alkyl halides is 3. The molecule has 0 bridgehead atoms. The second kappa shape index (κ2) is 11.6. The van der Waals surface area contributed by atoms with E-state index < -0.39 is 11.7 Å². The summed E-state index contributed by atoms with van der Waals surface area (Å²) in [5, 5.41) is 0. The number of ketones is 1. The smallest absolute Gasteiger partial charge is 0.299 e. The highest BCUT2D eigenvalue weighted by atomic mass is 19.4. The van der Waals surface area contributed by atoms with Gasteiger partial charge >= 0.3 is 6.18 Å². The van der Waals surface area contributed by atoms with Crippen molar-refractivity contribution in [2.24, 2.45) is 5.92 Å². The molecular weight excluding hydrogens is 471 g/mol. The summed E-state index contributed by atoms with van der Waals surface area (Å²) in [5.41, 5.74) is 4.37. The molecule has 0 N–H and O–H groups in total. The number of hydrogen-bond donors (Lipinski definition) is 0. The summed E-state index contributed by atoms with van der Waals surface area (Å²) < 4.78 is 39.5. The van der Waals surface area contributed by atoms with E-state index in [1.807, 2.05) is 12.1 Å². The highest BCUT2D eigenvalue weighted by Crippen LogP contribution is 2.37. The number of piperidine rings is 1. The van der Waals surface area contributed by atoms with Crippen LogP contribution in [0.3, 0.4) is 0 Å². The van der Waals surface area contributed by atoms with Crippen LogP contribution in [0.15, 0.2) is 72.8 Å². The van der Waals surface area contributed by atoms with Gasteiger partial charge in [-0.1, -0.05) is 74.5 Å². The number of Topliss-reactive ketones (excluding diaryl/α,β-unsaturated/α-hetero) is 1. The molecule has 4 rings (SSSR count). The van der Waals surface area contributed by atoms with Crippen LogP contribution in [-0.2, 0) is 17.5 Å². The average Bonchev–Trinajstić information content (AvgIpc) is 2.87. The number of rotatable bonds is 8. The normalized spacial score (nSPS) is 17.6. The first-order valence-corrected chi connectivity index (χ1v) is 13.2. The topological polar surface area (TPSA) is 20.3 Å². The Morgan fingerprint density at radius 3 is 2.30 bits per heavy atom. The Hall–Kier alpha value is -2.92. The SMILES string of the molecule is CC(=O)C(CC(C)C)c1cc(-c2ccc(C(F)(F)F)cc2)cc(C2CCCN(Cc3ccccc3)C2)c1. The molecule has 0 aliphatic carbocycles. The second-order valence-corrected chi connectivity index (χ2v) is 10.8. The van der Waals surface area contributed by atoms with Crippen molar-refractivity contribution in [1.82, 2.24) is 4.90 Å². The van der Waals surface area contributed by atoms with Crippen LogP contribution in [0, 0.1) is 5.92 Å². The van der Waals surface area contributed by atoms with E-state index in [9.17, 15) is 18.0 Å². The van der Waals surface area contributed by atoms with Crippen LogP contribution in [0.2, 0.25) is 0 Å². The Labute approximate surface area is 218 Å². The summed E-state index contributed by atoms with van der Waals surface area (Å²) in [5.74, 6) is 0.552. The van der Waals surface area contributed by atoms with E-state index in [1.165, 1.54) is 11.1 Å². The van der Waals surface area contributed by atoms with E-state index >= 15 is 0 Å². The predicted molar refractivity (Wildman–Crippen MR) is 143 cm³/mol. The van der Waals surface area contributed by atoms with Gasteiger partial charge < -0.3 is 0 Å². The fourth-order valence-electron chi connectivity index (χ4n) is 5.45. The molecule has 0 amide bonds. The maximum atomic E-state index is 13.2. The molecule has 0 aromatic heterocycles. The molecule has 196 valence electrons. The van der Waals surface area contributed by atoms with Crippen molar-refractivity contribution >= 4 is 5.78 Å². The Kier molecular flexibility index (Phi) is 8.53. The first kappa shape index (κ1) is 27.1. The number of nitrogens with zero attached hydrogens (tertiary/aromatic N) is 1. The molecule has 2 atom stereocenters. The van der Waals surface area contributed by atoms with Gasteiger partial charge in [-0.15, -0.1) is 0 Å². The van der Waals surface area contributed by atoms with Crippen molar-refractivity contribution in [2.45, 2.75) is 64.6 Å². The third kappa shape index (κ3) is 7.10. The van der Waals surface area contributed by atoms with Crippen LogP contribution < -0.4 is 0 Å². The van der Waals surface area contributed by atoms with Gasteiger partial charge in [0.25, 0.3) is 0 Å². The number of carbonyl (C=O) groups excluding carboxylic acids is 1. The van der Waals surface area contributed by atoms with Crippen LogP contribution in [0.5, 0.6) is 0 Å². The molecule has 37 heavy (non-hydrogen) atoms. The van der Waals surface area contributed by atoms with Gasteiger partial charge in [-0.05, 0) is 84.5 Å². The number of carbonyl (C=O) groups is 1. The summed E-state index contributed by atoms with van der Waals surface area (Å²) in [4.78, 5) is 15.2. The predicted octanol–water partition coefficient (Wildman–Crippen LogP) is 8.47. The Morgan fingerprint density at radius 2 is 1.68 bits per heavy atom. The second-order valence-electron chi connectivity index (χ2n) is 10.8. The summed E-state index contributed by atoms with van der Waals surface area (Å²) in [6.07, 6.45) is -1.49. The molecule has 2 nitrogen and oxygen atoms in total. The van der Waals surface area contributed by atoms with E-state index in [2.05, 4.69) is 55.1 Å². The number of benzene rings is 3. The van der Waals surface area contributed by atoms with E-state index in [0.717, 1.165) is 67.7 Å². The van der Waals surface area contributed by atoms with E-state index in [1.54, 1.807) is 19.1 Å². The summed E-state index contributed by atoms with van der Waals surface area (Å²) in [6.45, 7) is 8.71. The standard InChI is InChI=1S/C32H36F3NO/c1-22(2)16-31(23(3)37)29-18-27(25-11-13-30(14-12-25)32(33,34)35)17-28(19-29)26-10-7-15-36(21-26)20-24-8-5-4-6-9-24/h4-6,8-9,11-14,17-19,22,26,31H,7,10,15-16,20-21H2,1-3H3. The lowest BCUT2D eigenvalue weighted by molar-refractivity contribution is -0.137. The number of halogens is 3. The van der Waals surface area contributed by atoms with E-state index in [0.29, 0.717) is 11.8 Å². The van der Waals surface area contributed by atoms with Crippen molar-refractivity contribution in [1.29, 1.82) is 0 Å². The molecule has 0 saturated carbocycles. The quantitative estimate of drug-likeness (QED) is 0.305. The fraction of sp³-hybridized carbons (Fsp3) is 0.406. The molecule has 0 radical (unpaired) electrons. The highest BCUT2D eigenvalue weighted by Gasteiger charge is 2.30. The van der Waals surface area contributed by atoms with Gasteiger partial charge in [0.1, 0.15) is 5.78 Å². The minimum Gasteiger partial charge on any atom is -0.299 e. The minimum absolute atomic E-state index is 0.124. The molecule has 1 saturated heterocycles. The zero-order chi connectivity index (χ0) is 26.6. The molecule has 5 heteroatoms. The fourth-order valence-corrected chi connectivity index (χ4v) is 5.45. The van der Waals surface area contributed by atoms with Crippen LogP contribution in [-0.4, -0.2) is 23.8 Å². The Balaban J connectivity index is 1.69. The third-order valence-electron chi connectivity index (χ3n) is 7.35. The maximum absolute atomic E-state index is 13.2. The van der Waals surface area contributed by atoms with Crippen molar-refractivity contribution in [3.05, 3.63) is 95.1 Å². The first-order valence-electron chi connectivity index (χ1n) is 13.2. The third-order valence-corrected chi connectivity index (χ3v) is 7.35. The molecule has 1 aliphatic rings. The minimum atomic E-state index is -4.37. The molecule has 1 aliphatic heterocycles. The van der Waals surface area contributed by atoms with Gasteiger partial charge in [-0.25, -0.2) is 0 Å². The molecule has 2 unspecified atom stereocenters. The molecular formula is C32H36F3NO. The summed E-state index contributed by atoms with van der Waals surface area (Å²) in [6, 6.07) is 22.1. The lowest BCUT2D eigenvalue weighted by Gasteiger charge is -2.33. The van der Waals surface area contributed by atoms with Gasteiger partial charge in [0.2, 0.25) is 0 Å². The molecule has 0 spiro atoms. The average molecular weight is 508 g/mol. The zero-order valence-corrected chi connectivity index (χ0v) is 21.9. The number of hydrogen-bond acceptors (Lipinski definition) is 2. The van der Waals surface area contributed by atoms with E-state index in [4.69, 9.17) is 0 Å². The van der Waals surface area contributed by atoms with Crippen LogP contribution >= 0.6 is 0 Å². The van der Waals surface area contributed by atoms with Crippen molar-refractivity contribution < 1.29 is 18.0 Å². The molecule has 1 fully saturated rings. The Bertz CT molecular complexity index is 1180. The highest BCUT2D eigenvalue weighted by molar-refractivity contribution is 5.84. The largest absolute Gasteiger partial charge is 0.416 e. The summed E-state index contributed by atoms with van der Waals surface area (Å²) in [7, 11) is 0. The molecule has 3 aromatic rings.